The summed E-state index contributed by atoms with van der Waals surface area (Å²) in [4.78, 5) is 28.3. The Balaban J connectivity index is 1.71. The molecule has 0 unspecified atom stereocenters. The van der Waals surface area contributed by atoms with Gasteiger partial charge in [-0.2, -0.15) is 14.3 Å². The van der Waals surface area contributed by atoms with Crippen LogP contribution in [0, 0.1) is 12.8 Å². The van der Waals surface area contributed by atoms with Gasteiger partial charge in [0.05, 0.1) is 11.3 Å². The number of benzene rings is 1. The Labute approximate surface area is 214 Å². The van der Waals surface area contributed by atoms with E-state index in [0.717, 1.165) is 48.1 Å². The van der Waals surface area contributed by atoms with Crippen LogP contribution in [0.1, 0.15) is 59.7 Å². The zero-order valence-electron chi connectivity index (χ0n) is 20.4. The molecule has 0 spiro atoms. The van der Waals surface area contributed by atoms with E-state index in [-0.39, 0.29) is 22.4 Å². The summed E-state index contributed by atoms with van der Waals surface area (Å²) in [5, 5.41) is 1.73. The quantitative estimate of drug-likeness (QED) is 0.389. The van der Waals surface area contributed by atoms with Crippen molar-refractivity contribution in [3.8, 4) is 5.75 Å². The van der Waals surface area contributed by atoms with Gasteiger partial charge in [0.2, 0.25) is 4.34 Å². The van der Waals surface area contributed by atoms with Crippen molar-refractivity contribution < 1.29 is 22.8 Å². The summed E-state index contributed by atoms with van der Waals surface area (Å²) in [5.41, 5.74) is 3.52. The number of aromatic nitrogens is 3. The van der Waals surface area contributed by atoms with Crippen LogP contribution in [0.4, 0.5) is 5.69 Å². The molecular formula is C24H29N5O5S2. The first-order valence-corrected chi connectivity index (χ1v) is 14.0. The van der Waals surface area contributed by atoms with Crippen molar-refractivity contribution >= 4 is 33.0 Å². The molecule has 0 saturated carbocycles. The van der Waals surface area contributed by atoms with Crippen molar-refractivity contribution in [1.29, 1.82) is 0 Å². The predicted molar refractivity (Wildman–Crippen MR) is 135 cm³/mol. The minimum atomic E-state index is -3.91. The number of nitrogens with two attached hydrogens (primary N) is 1. The van der Waals surface area contributed by atoms with E-state index >= 15 is 0 Å². The molecule has 3 aromatic rings. The van der Waals surface area contributed by atoms with E-state index < -0.39 is 16.0 Å². The van der Waals surface area contributed by atoms with E-state index in [1.165, 1.54) is 16.7 Å². The van der Waals surface area contributed by atoms with Crippen LogP contribution in [-0.4, -0.2) is 35.9 Å². The molecule has 192 valence electrons. The molecule has 1 atom stereocenters. The molecule has 36 heavy (non-hydrogen) atoms. The monoisotopic (exact) mass is 531 g/mol. The van der Waals surface area contributed by atoms with Gasteiger partial charge in [-0.25, -0.2) is 19.7 Å². The zero-order chi connectivity index (χ0) is 25.9. The molecule has 0 saturated heterocycles. The highest BCUT2D eigenvalue weighted by Crippen LogP contribution is 2.39. The normalized spacial score (nSPS) is 13.8. The van der Waals surface area contributed by atoms with Crippen LogP contribution in [0.3, 0.4) is 0 Å². The van der Waals surface area contributed by atoms with Crippen LogP contribution in [0.2, 0.25) is 0 Å². The number of fused-ring (bicyclic) bond motifs is 1. The van der Waals surface area contributed by atoms with Crippen molar-refractivity contribution in [2.45, 2.75) is 57.4 Å². The number of sulfonamides is 1. The van der Waals surface area contributed by atoms with Crippen molar-refractivity contribution in [2.24, 2.45) is 11.8 Å². The number of hydrogen-bond donors (Lipinski definition) is 1. The second kappa shape index (κ2) is 10.9. The molecule has 1 aromatic carbocycles. The van der Waals surface area contributed by atoms with Crippen LogP contribution >= 0.6 is 11.3 Å². The van der Waals surface area contributed by atoms with E-state index in [1.807, 2.05) is 26.0 Å². The van der Waals surface area contributed by atoms with Crippen molar-refractivity contribution in [3.05, 3.63) is 58.1 Å². The number of hydrogen-bond acceptors (Lipinski definition) is 10. The highest BCUT2D eigenvalue weighted by molar-refractivity contribution is 7.94. The Bertz CT molecular complexity index is 1340. The molecule has 2 heterocycles. The minimum absolute atomic E-state index is 0.0165. The molecule has 2 aromatic heterocycles. The third-order valence-corrected chi connectivity index (χ3v) is 9.26. The van der Waals surface area contributed by atoms with E-state index in [4.69, 9.17) is 10.6 Å². The Morgan fingerprint density at radius 3 is 2.53 bits per heavy atom. The van der Waals surface area contributed by atoms with Gasteiger partial charge in [0.1, 0.15) is 12.4 Å². The third-order valence-electron chi connectivity index (χ3n) is 6.13. The lowest BCUT2D eigenvalue weighted by atomic mass is 10.1. The van der Waals surface area contributed by atoms with Gasteiger partial charge in [-0.05, 0) is 55.4 Å². The summed E-state index contributed by atoms with van der Waals surface area (Å²) in [6.45, 7) is 6.10. The maximum absolute atomic E-state index is 13.8. The molecule has 4 rings (SSSR count). The van der Waals surface area contributed by atoms with Gasteiger partial charge in [0.25, 0.3) is 10.0 Å². The number of aryl methyl sites for hydroxylation is 3. The van der Waals surface area contributed by atoms with Crippen molar-refractivity contribution in [1.82, 2.24) is 15.0 Å². The first-order valence-electron chi connectivity index (χ1n) is 11.7. The molecule has 1 aliphatic rings. The fourth-order valence-electron chi connectivity index (χ4n) is 3.93. The summed E-state index contributed by atoms with van der Waals surface area (Å²) >= 11 is 1.11. The summed E-state index contributed by atoms with van der Waals surface area (Å²) in [5.74, 6) is 5.03. The summed E-state index contributed by atoms with van der Waals surface area (Å²) in [6.07, 6.45) is 6.21. The fourth-order valence-corrected chi connectivity index (χ4v) is 6.65. The Morgan fingerprint density at radius 1 is 1.22 bits per heavy atom. The van der Waals surface area contributed by atoms with E-state index in [0.29, 0.717) is 29.5 Å². The van der Waals surface area contributed by atoms with E-state index in [1.54, 1.807) is 12.3 Å². The number of carbonyl (C=O) groups is 1. The maximum Gasteiger partial charge on any atom is 0.359 e. The lowest BCUT2D eigenvalue weighted by Gasteiger charge is -2.28. The summed E-state index contributed by atoms with van der Waals surface area (Å²) < 4.78 is 35.2. The van der Waals surface area contributed by atoms with Crippen LogP contribution < -0.4 is 14.9 Å². The van der Waals surface area contributed by atoms with E-state index in [2.05, 4.69) is 19.8 Å². The van der Waals surface area contributed by atoms with Gasteiger partial charge in [-0.1, -0.05) is 20.3 Å². The first kappa shape index (κ1) is 26.0. The molecule has 12 heteroatoms. The van der Waals surface area contributed by atoms with Crippen LogP contribution in [0.25, 0.3) is 0 Å². The highest BCUT2D eigenvalue weighted by Gasteiger charge is 2.32. The van der Waals surface area contributed by atoms with Gasteiger partial charge in [-0.3, -0.25) is 4.31 Å². The average Bonchev–Trinajstić information content (AvgIpc) is 3.53. The summed E-state index contributed by atoms with van der Waals surface area (Å²) in [7, 11) is -3.91. The molecule has 10 nitrogen and oxygen atoms in total. The number of thiazole rings is 1. The van der Waals surface area contributed by atoms with Crippen molar-refractivity contribution in [2.75, 3.05) is 10.8 Å². The third kappa shape index (κ3) is 5.50. The van der Waals surface area contributed by atoms with Gasteiger partial charge in [0.15, 0.2) is 5.82 Å². The SMILES string of the molecule is CC[C@@H](C)CN(c1cc2c(cc1OCc1ncc(C(=O)ON)cn1)CCC2)S(=O)(=O)c1nc(C)cs1. The maximum atomic E-state index is 13.8. The lowest BCUT2D eigenvalue weighted by molar-refractivity contribution is 0.0502. The van der Waals surface area contributed by atoms with Crippen LogP contribution in [0.15, 0.2) is 34.2 Å². The Kier molecular flexibility index (Phi) is 7.86. The van der Waals surface area contributed by atoms with Gasteiger partial charge >= 0.3 is 5.97 Å². The van der Waals surface area contributed by atoms with E-state index in [9.17, 15) is 13.2 Å². The summed E-state index contributed by atoms with van der Waals surface area (Å²) in [6, 6.07) is 3.85. The smallest absolute Gasteiger partial charge is 0.359 e. The topological polar surface area (TPSA) is 138 Å². The first-order chi connectivity index (χ1) is 17.2. The molecule has 1 aliphatic carbocycles. The average molecular weight is 532 g/mol. The molecule has 0 bridgehead atoms. The molecule has 0 aliphatic heterocycles. The second-order valence-electron chi connectivity index (χ2n) is 8.83. The standard InChI is InChI=1S/C24H29N5O5S2/c1-4-15(2)12-29(36(31,32)24-28-16(3)14-35-24)20-8-17-6-5-7-18(17)9-21(20)33-13-22-26-10-19(11-27-22)23(30)34-25/h8-11,14-15H,4-7,12-13,25H2,1-3H3/t15-/m1/s1. The van der Waals surface area contributed by atoms with Crippen molar-refractivity contribution in [3.63, 3.8) is 0 Å². The lowest BCUT2D eigenvalue weighted by Crippen LogP contribution is -2.35. The second-order valence-corrected chi connectivity index (χ2v) is 11.7. The number of rotatable bonds is 10. The minimum Gasteiger partial charge on any atom is -0.483 e. The van der Waals surface area contributed by atoms with Gasteiger partial charge < -0.3 is 9.57 Å². The molecular weight excluding hydrogens is 502 g/mol. The predicted octanol–water partition coefficient (Wildman–Crippen LogP) is 3.58. The molecule has 0 amide bonds. The zero-order valence-corrected chi connectivity index (χ0v) is 22.1. The molecule has 0 fully saturated rings. The number of nitrogens with zero attached hydrogens (tertiary/aromatic N) is 4. The molecule has 2 N–H and O–H groups in total. The number of carbonyl (C=O) groups excluding carboxylic acids is 1. The highest BCUT2D eigenvalue weighted by atomic mass is 32.2. The fraction of sp³-hybridized carbons (Fsp3) is 0.417. The van der Waals surface area contributed by atoms with Crippen LogP contribution in [-0.2, 0) is 34.3 Å². The Hall–Kier alpha value is -3.09. The van der Waals surface area contributed by atoms with Gasteiger partial charge in [-0.15, -0.1) is 11.3 Å². The van der Waals surface area contributed by atoms with Gasteiger partial charge in [0, 0.05) is 30.0 Å². The number of ether oxygens (including phenoxy) is 1. The molecule has 0 radical (unpaired) electrons. The Morgan fingerprint density at radius 2 is 1.92 bits per heavy atom. The largest absolute Gasteiger partial charge is 0.483 e. The number of anilines is 1. The van der Waals surface area contributed by atoms with Crippen LogP contribution in [0.5, 0.6) is 5.75 Å².